The lowest BCUT2D eigenvalue weighted by Gasteiger charge is -2.29. The number of carbonyl (C=O) groups is 4. The van der Waals surface area contributed by atoms with Crippen LogP contribution in [0.5, 0.6) is 5.75 Å². The molecule has 0 radical (unpaired) electrons. The Hall–Kier alpha value is -3.88. The Morgan fingerprint density at radius 3 is 2.77 bits per heavy atom. The molecule has 0 spiro atoms. The molecule has 0 aromatic heterocycles. The highest BCUT2D eigenvalue weighted by Crippen LogP contribution is 2.28. The molecule has 2 heterocycles. The summed E-state index contributed by atoms with van der Waals surface area (Å²) < 4.78 is 5.21. The quantitative estimate of drug-likeness (QED) is 0.635. The minimum Gasteiger partial charge on any atom is -0.495 e. The molecule has 0 aliphatic carbocycles. The molecule has 0 saturated carbocycles. The molecule has 2 aromatic carbocycles. The third-order valence-corrected chi connectivity index (χ3v) is 5.40. The number of nitrogens with one attached hydrogen (secondary N) is 3. The van der Waals surface area contributed by atoms with Gasteiger partial charge in [-0.1, -0.05) is 24.3 Å². The maximum Gasteiger partial charge on any atom is 0.319 e. The fourth-order valence-corrected chi connectivity index (χ4v) is 3.81. The molecule has 3 N–H and O–H groups in total. The molecule has 9 heteroatoms. The summed E-state index contributed by atoms with van der Waals surface area (Å²) in [6.07, 6.45) is 0.537. The van der Waals surface area contributed by atoms with E-state index in [4.69, 9.17) is 4.74 Å². The van der Waals surface area contributed by atoms with Crippen molar-refractivity contribution in [1.29, 1.82) is 0 Å². The highest BCUT2D eigenvalue weighted by Gasteiger charge is 2.39. The Kier molecular flexibility index (Phi) is 5.57. The minimum atomic E-state index is -0.647. The first-order valence-corrected chi connectivity index (χ1v) is 9.90. The maximum absolute atomic E-state index is 12.9. The first-order valence-electron chi connectivity index (χ1n) is 9.90. The summed E-state index contributed by atoms with van der Waals surface area (Å²) in [6, 6.07) is 11.4. The predicted molar refractivity (Wildman–Crippen MR) is 111 cm³/mol. The minimum absolute atomic E-state index is 0.215. The van der Waals surface area contributed by atoms with E-state index in [0.29, 0.717) is 30.0 Å². The molecule has 2 aliphatic heterocycles. The van der Waals surface area contributed by atoms with Crippen LogP contribution in [0.15, 0.2) is 42.5 Å². The van der Waals surface area contributed by atoms with Crippen molar-refractivity contribution in [2.45, 2.75) is 32.0 Å². The predicted octanol–water partition coefficient (Wildman–Crippen LogP) is 1.78. The van der Waals surface area contributed by atoms with E-state index in [9.17, 15) is 19.2 Å². The van der Waals surface area contributed by atoms with Crippen LogP contribution in [0.25, 0.3) is 0 Å². The van der Waals surface area contributed by atoms with Crippen molar-refractivity contribution in [2.24, 2.45) is 0 Å². The van der Waals surface area contributed by atoms with Crippen LogP contribution in [-0.2, 0) is 22.7 Å². The van der Waals surface area contributed by atoms with Crippen molar-refractivity contribution in [3.63, 3.8) is 0 Å². The van der Waals surface area contributed by atoms with Crippen LogP contribution in [0.2, 0.25) is 0 Å². The van der Waals surface area contributed by atoms with Gasteiger partial charge in [0, 0.05) is 25.1 Å². The lowest BCUT2D eigenvalue weighted by atomic mass is 10.0. The first kappa shape index (κ1) is 20.4. The highest BCUT2D eigenvalue weighted by molar-refractivity contribution is 6.05. The van der Waals surface area contributed by atoms with Crippen molar-refractivity contribution in [3.8, 4) is 5.75 Å². The Morgan fingerprint density at radius 1 is 1.19 bits per heavy atom. The number of carbonyl (C=O) groups excluding carboxylic acids is 4. The van der Waals surface area contributed by atoms with Gasteiger partial charge in [0.15, 0.2) is 0 Å². The number of hydrogen-bond acceptors (Lipinski definition) is 5. The molecular formula is C22H22N4O5. The molecule has 1 unspecified atom stereocenters. The van der Waals surface area contributed by atoms with Crippen LogP contribution in [0.3, 0.4) is 0 Å². The van der Waals surface area contributed by atoms with Crippen LogP contribution >= 0.6 is 0 Å². The summed E-state index contributed by atoms with van der Waals surface area (Å²) in [6.45, 7) is 0.544. The topological polar surface area (TPSA) is 117 Å². The molecule has 0 bridgehead atoms. The zero-order chi connectivity index (χ0) is 22.0. The summed E-state index contributed by atoms with van der Waals surface area (Å²) in [5.74, 6) is -0.448. The zero-order valence-corrected chi connectivity index (χ0v) is 16.9. The Labute approximate surface area is 178 Å². The number of anilines is 1. The van der Waals surface area contributed by atoms with Gasteiger partial charge in [0.05, 0.1) is 12.8 Å². The van der Waals surface area contributed by atoms with Crippen LogP contribution in [0.4, 0.5) is 10.5 Å². The van der Waals surface area contributed by atoms with Gasteiger partial charge in [-0.05, 0) is 35.7 Å². The molecule has 160 valence electrons. The molecule has 2 aliphatic rings. The fourth-order valence-electron chi connectivity index (χ4n) is 3.81. The van der Waals surface area contributed by atoms with E-state index < -0.39 is 18.0 Å². The number of nitrogens with zero attached hydrogens (tertiary/aromatic N) is 1. The van der Waals surface area contributed by atoms with Crippen molar-refractivity contribution in [3.05, 3.63) is 59.2 Å². The van der Waals surface area contributed by atoms with Gasteiger partial charge >= 0.3 is 6.03 Å². The number of methoxy groups -OCH3 is 1. The summed E-state index contributed by atoms with van der Waals surface area (Å²) >= 11 is 0. The Bertz CT molecular complexity index is 1070. The molecule has 2 aromatic rings. The van der Waals surface area contributed by atoms with Crippen LogP contribution in [-0.4, -0.2) is 41.8 Å². The Morgan fingerprint density at radius 2 is 2.00 bits per heavy atom. The molecule has 1 atom stereocenters. The van der Waals surface area contributed by atoms with Crippen LogP contribution < -0.4 is 20.7 Å². The number of piperidine rings is 1. The van der Waals surface area contributed by atoms with Crippen molar-refractivity contribution >= 4 is 29.4 Å². The third-order valence-electron chi connectivity index (χ3n) is 5.40. The van der Waals surface area contributed by atoms with E-state index in [2.05, 4.69) is 16.0 Å². The second-order valence-corrected chi connectivity index (χ2v) is 7.40. The van der Waals surface area contributed by atoms with Gasteiger partial charge in [-0.15, -0.1) is 0 Å². The van der Waals surface area contributed by atoms with Gasteiger partial charge in [0.2, 0.25) is 11.8 Å². The summed E-state index contributed by atoms with van der Waals surface area (Å²) in [5.41, 5.74) is 2.63. The average molecular weight is 422 g/mol. The van der Waals surface area contributed by atoms with Crippen molar-refractivity contribution in [1.82, 2.24) is 15.5 Å². The summed E-state index contributed by atoms with van der Waals surface area (Å²) in [4.78, 5) is 50.1. The standard InChI is InChI=1S/C22H22N4O5/c1-31-18-5-3-2-4-16(18)24-22(30)23-11-13-6-7-14-12-26(21(29)15(14)10-13)17-8-9-19(27)25-20(17)28/h2-7,10,17H,8-9,11-12H2,1H3,(H2,23,24,30)(H,25,27,28). The lowest BCUT2D eigenvalue weighted by molar-refractivity contribution is -0.136. The molecule has 1 fully saturated rings. The molecular weight excluding hydrogens is 400 g/mol. The second kappa shape index (κ2) is 8.47. The number of fused-ring (bicyclic) bond motifs is 1. The van der Waals surface area contributed by atoms with Crippen molar-refractivity contribution < 1.29 is 23.9 Å². The van der Waals surface area contributed by atoms with E-state index in [1.165, 1.54) is 12.0 Å². The SMILES string of the molecule is COc1ccccc1NC(=O)NCc1ccc2c(c1)C(=O)N(C1CCC(=O)NC1=O)C2. The number of urea groups is 1. The van der Waals surface area contributed by atoms with Crippen LogP contribution in [0, 0.1) is 0 Å². The van der Waals surface area contributed by atoms with Gasteiger partial charge in [0.1, 0.15) is 11.8 Å². The van der Waals surface area contributed by atoms with Gasteiger partial charge in [-0.3, -0.25) is 19.7 Å². The third kappa shape index (κ3) is 4.20. The van der Waals surface area contributed by atoms with Crippen molar-refractivity contribution in [2.75, 3.05) is 12.4 Å². The van der Waals surface area contributed by atoms with Gasteiger partial charge < -0.3 is 20.3 Å². The molecule has 4 rings (SSSR count). The van der Waals surface area contributed by atoms with E-state index in [-0.39, 0.29) is 24.8 Å². The number of amides is 5. The molecule has 5 amide bonds. The normalized spacial score (nSPS) is 17.8. The highest BCUT2D eigenvalue weighted by atomic mass is 16.5. The number of hydrogen-bond donors (Lipinski definition) is 3. The van der Waals surface area contributed by atoms with E-state index in [0.717, 1.165) is 11.1 Å². The lowest BCUT2D eigenvalue weighted by Crippen LogP contribution is -2.52. The number of para-hydroxylation sites is 2. The molecule has 9 nitrogen and oxygen atoms in total. The van der Waals surface area contributed by atoms with E-state index >= 15 is 0 Å². The summed E-state index contributed by atoms with van der Waals surface area (Å²) in [5, 5.41) is 7.78. The zero-order valence-electron chi connectivity index (χ0n) is 16.9. The number of benzene rings is 2. The number of rotatable bonds is 5. The monoisotopic (exact) mass is 422 g/mol. The average Bonchev–Trinajstić information content (AvgIpc) is 3.08. The maximum atomic E-state index is 12.9. The smallest absolute Gasteiger partial charge is 0.319 e. The first-order chi connectivity index (χ1) is 15.0. The van der Waals surface area contributed by atoms with E-state index in [1.807, 2.05) is 18.2 Å². The largest absolute Gasteiger partial charge is 0.495 e. The van der Waals surface area contributed by atoms with Crippen LogP contribution in [0.1, 0.15) is 34.3 Å². The second-order valence-electron chi connectivity index (χ2n) is 7.40. The fraction of sp³-hybridized carbons (Fsp3) is 0.273. The number of ether oxygens (including phenoxy) is 1. The van der Waals surface area contributed by atoms with Gasteiger partial charge in [0.25, 0.3) is 5.91 Å². The molecule has 31 heavy (non-hydrogen) atoms. The Balaban J connectivity index is 1.39. The van der Waals surface area contributed by atoms with E-state index in [1.54, 1.807) is 24.3 Å². The summed E-state index contributed by atoms with van der Waals surface area (Å²) in [7, 11) is 1.53. The van der Waals surface area contributed by atoms with Gasteiger partial charge in [-0.2, -0.15) is 0 Å². The number of imide groups is 1. The molecule has 1 saturated heterocycles. The van der Waals surface area contributed by atoms with Gasteiger partial charge in [-0.25, -0.2) is 4.79 Å².